The molecule has 1 aromatic rings. The molecule has 0 bridgehead atoms. The van der Waals surface area contributed by atoms with Crippen LogP contribution in [0, 0.1) is 0 Å². The van der Waals surface area contributed by atoms with E-state index in [9.17, 15) is 0 Å². The quantitative estimate of drug-likeness (QED) is 0.904. The van der Waals surface area contributed by atoms with E-state index >= 15 is 0 Å². The second kappa shape index (κ2) is 5.87. The van der Waals surface area contributed by atoms with E-state index < -0.39 is 0 Å². The van der Waals surface area contributed by atoms with Crippen molar-refractivity contribution in [3.63, 3.8) is 0 Å². The van der Waals surface area contributed by atoms with Gasteiger partial charge >= 0.3 is 0 Å². The summed E-state index contributed by atoms with van der Waals surface area (Å²) in [7, 11) is 0. The van der Waals surface area contributed by atoms with Crippen molar-refractivity contribution in [2.75, 3.05) is 12.3 Å². The van der Waals surface area contributed by atoms with Crippen molar-refractivity contribution in [3.05, 3.63) is 17.6 Å². The van der Waals surface area contributed by atoms with Gasteiger partial charge in [-0.05, 0) is 25.7 Å². The number of anilines is 1. The van der Waals surface area contributed by atoms with Crippen molar-refractivity contribution in [1.29, 1.82) is 0 Å². The van der Waals surface area contributed by atoms with E-state index in [0.29, 0.717) is 18.3 Å². The van der Waals surface area contributed by atoms with E-state index in [0.717, 1.165) is 24.4 Å². The molecule has 4 nitrogen and oxygen atoms in total. The molecule has 0 amide bonds. The number of hydrogen-bond acceptors (Lipinski definition) is 4. The van der Waals surface area contributed by atoms with Crippen LogP contribution in [0.15, 0.2) is 6.07 Å². The molecule has 0 radical (unpaired) electrons. The van der Waals surface area contributed by atoms with Crippen LogP contribution in [0.5, 0.6) is 0 Å². The lowest BCUT2D eigenvalue weighted by Crippen LogP contribution is -2.35. The van der Waals surface area contributed by atoms with Gasteiger partial charge in [0.2, 0.25) is 0 Å². The Morgan fingerprint density at radius 2 is 1.95 bits per heavy atom. The highest BCUT2D eigenvalue weighted by Crippen LogP contribution is 2.39. The smallest absolute Gasteiger partial charge is 0.162 e. The molecule has 1 fully saturated rings. The summed E-state index contributed by atoms with van der Waals surface area (Å²) in [6.07, 6.45) is 5.63. The van der Waals surface area contributed by atoms with E-state index in [1.807, 2.05) is 13.0 Å². The van der Waals surface area contributed by atoms with Crippen LogP contribution in [-0.2, 0) is 10.3 Å². The SMILES string of the molecule is CCOC1(c2nc(N)cc(C(C)C)n2)CCCCC1. The first kappa shape index (κ1) is 14.3. The minimum absolute atomic E-state index is 0.313. The van der Waals surface area contributed by atoms with E-state index in [1.54, 1.807) is 0 Å². The van der Waals surface area contributed by atoms with Gasteiger partial charge in [-0.3, -0.25) is 0 Å². The van der Waals surface area contributed by atoms with Gasteiger partial charge < -0.3 is 10.5 Å². The fourth-order valence-electron chi connectivity index (χ4n) is 2.82. The van der Waals surface area contributed by atoms with Gasteiger partial charge in [0.1, 0.15) is 11.4 Å². The molecule has 1 aromatic heterocycles. The number of nitrogens with two attached hydrogens (primary N) is 1. The van der Waals surface area contributed by atoms with Gasteiger partial charge in [-0.2, -0.15) is 0 Å². The second-order valence-electron chi connectivity index (χ2n) is 5.68. The van der Waals surface area contributed by atoms with E-state index in [2.05, 4.69) is 18.8 Å². The minimum atomic E-state index is -0.313. The zero-order valence-corrected chi connectivity index (χ0v) is 12.3. The van der Waals surface area contributed by atoms with Crippen molar-refractivity contribution < 1.29 is 4.74 Å². The molecule has 0 aliphatic heterocycles. The Labute approximate surface area is 115 Å². The first-order chi connectivity index (χ1) is 9.07. The monoisotopic (exact) mass is 263 g/mol. The van der Waals surface area contributed by atoms with Crippen molar-refractivity contribution in [2.24, 2.45) is 0 Å². The first-order valence-corrected chi connectivity index (χ1v) is 7.36. The second-order valence-corrected chi connectivity index (χ2v) is 5.68. The Morgan fingerprint density at radius 3 is 2.53 bits per heavy atom. The van der Waals surface area contributed by atoms with Gasteiger partial charge in [0.05, 0.1) is 0 Å². The lowest BCUT2D eigenvalue weighted by atomic mass is 9.83. The average molecular weight is 263 g/mol. The lowest BCUT2D eigenvalue weighted by molar-refractivity contribution is -0.0767. The minimum Gasteiger partial charge on any atom is -0.384 e. The van der Waals surface area contributed by atoms with Gasteiger partial charge in [0.15, 0.2) is 5.82 Å². The van der Waals surface area contributed by atoms with Gasteiger partial charge in [0, 0.05) is 18.4 Å². The number of hydrogen-bond donors (Lipinski definition) is 1. The Bertz CT molecular complexity index is 420. The summed E-state index contributed by atoms with van der Waals surface area (Å²) < 4.78 is 6.07. The number of aromatic nitrogens is 2. The summed E-state index contributed by atoms with van der Waals surface area (Å²) in [5, 5.41) is 0. The molecule has 106 valence electrons. The molecule has 0 unspecified atom stereocenters. The van der Waals surface area contributed by atoms with Crippen LogP contribution >= 0.6 is 0 Å². The Morgan fingerprint density at radius 1 is 1.26 bits per heavy atom. The molecule has 4 heteroatoms. The predicted molar refractivity (Wildman–Crippen MR) is 76.9 cm³/mol. The highest BCUT2D eigenvalue weighted by molar-refractivity contribution is 5.32. The van der Waals surface area contributed by atoms with Gasteiger partial charge in [-0.1, -0.05) is 33.1 Å². The third-order valence-electron chi connectivity index (χ3n) is 3.85. The van der Waals surface area contributed by atoms with Gasteiger partial charge in [-0.25, -0.2) is 9.97 Å². The largest absolute Gasteiger partial charge is 0.384 e. The van der Waals surface area contributed by atoms with Crippen LogP contribution in [0.25, 0.3) is 0 Å². The number of ether oxygens (including phenoxy) is 1. The molecule has 0 aromatic carbocycles. The van der Waals surface area contributed by atoms with Gasteiger partial charge in [-0.15, -0.1) is 0 Å². The molecule has 1 saturated carbocycles. The number of nitrogen functional groups attached to an aromatic ring is 1. The van der Waals surface area contributed by atoms with E-state index in [-0.39, 0.29) is 5.60 Å². The fourth-order valence-corrected chi connectivity index (χ4v) is 2.82. The molecule has 1 heterocycles. The molecule has 19 heavy (non-hydrogen) atoms. The molecule has 0 atom stereocenters. The standard InChI is InChI=1S/C15H25N3O/c1-4-19-15(8-6-5-7-9-15)14-17-12(11(2)3)10-13(16)18-14/h10-11H,4-9H2,1-3H3,(H2,16,17,18). The maximum absolute atomic E-state index is 6.07. The highest BCUT2D eigenvalue weighted by atomic mass is 16.5. The van der Waals surface area contributed by atoms with Crippen LogP contribution < -0.4 is 5.73 Å². The maximum Gasteiger partial charge on any atom is 0.162 e. The van der Waals surface area contributed by atoms with E-state index in [4.69, 9.17) is 15.5 Å². The van der Waals surface area contributed by atoms with Crippen molar-refractivity contribution in [1.82, 2.24) is 9.97 Å². The zero-order chi connectivity index (χ0) is 13.9. The van der Waals surface area contributed by atoms with Crippen LogP contribution in [0.3, 0.4) is 0 Å². The summed E-state index contributed by atoms with van der Waals surface area (Å²) in [5.41, 5.74) is 6.65. The summed E-state index contributed by atoms with van der Waals surface area (Å²) in [5.74, 6) is 1.70. The molecular weight excluding hydrogens is 238 g/mol. The molecule has 0 spiro atoms. The maximum atomic E-state index is 6.07. The molecule has 1 aliphatic rings. The lowest BCUT2D eigenvalue weighted by Gasteiger charge is -2.35. The first-order valence-electron chi connectivity index (χ1n) is 7.36. The molecular formula is C15H25N3O. The predicted octanol–water partition coefficient (Wildman–Crippen LogP) is 3.38. The molecule has 2 rings (SSSR count). The molecule has 2 N–H and O–H groups in total. The highest BCUT2D eigenvalue weighted by Gasteiger charge is 2.37. The zero-order valence-electron chi connectivity index (χ0n) is 12.3. The third-order valence-corrected chi connectivity index (χ3v) is 3.85. The van der Waals surface area contributed by atoms with Crippen LogP contribution in [0.1, 0.15) is 70.3 Å². The van der Waals surface area contributed by atoms with Crippen LogP contribution in [-0.4, -0.2) is 16.6 Å². The summed E-state index contributed by atoms with van der Waals surface area (Å²) in [6, 6.07) is 1.87. The fraction of sp³-hybridized carbons (Fsp3) is 0.733. The van der Waals surface area contributed by atoms with Crippen molar-refractivity contribution in [3.8, 4) is 0 Å². The third kappa shape index (κ3) is 3.06. The number of rotatable bonds is 4. The van der Waals surface area contributed by atoms with Crippen molar-refractivity contribution in [2.45, 2.75) is 64.4 Å². The van der Waals surface area contributed by atoms with Crippen LogP contribution in [0.4, 0.5) is 5.82 Å². The van der Waals surface area contributed by atoms with Crippen molar-refractivity contribution >= 4 is 5.82 Å². The molecule has 0 saturated heterocycles. The summed E-state index contributed by atoms with van der Waals surface area (Å²) in [4.78, 5) is 9.20. The number of nitrogens with zero attached hydrogens (tertiary/aromatic N) is 2. The van der Waals surface area contributed by atoms with E-state index in [1.165, 1.54) is 19.3 Å². The Hall–Kier alpha value is -1.16. The normalized spacial score (nSPS) is 18.7. The Kier molecular flexibility index (Phi) is 4.40. The molecule has 1 aliphatic carbocycles. The Balaban J connectivity index is 2.40. The average Bonchev–Trinajstić information content (AvgIpc) is 2.39. The topological polar surface area (TPSA) is 61.0 Å². The summed E-state index contributed by atoms with van der Waals surface area (Å²) in [6.45, 7) is 6.97. The summed E-state index contributed by atoms with van der Waals surface area (Å²) >= 11 is 0. The van der Waals surface area contributed by atoms with Crippen LogP contribution in [0.2, 0.25) is 0 Å². The van der Waals surface area contributed by atoms with Gasteiger partial charge in [0.25, 0.3) is 0 Å².